The van der Waals surface area contributed by atoms with Crippen molar-refractivity contribution in [2.24, 2.45) is 0 Å². The summed E-state index contributed by atoms with van der Waals surface area (Å²) in [6, 6.07) is 0. The molecule has 0 radical (unpaired) electrons. The number of nitrogens with two attached hydrogens (primary N) is 1. The van der Waals surface area contributed by atoms with Crippen LogP contribution in [0.5, 0.6) is 0 Å². The van der Waals surface area contributed by atoms with Gasteiger partial charge in [-0.3, -0.25) is 18.9 Å². The van der Waals surface area contributed by atoms with Crippen molar-refractivity contribution in [2.75, 3.05) is 98.7 Å². The van der Waals surface area contributed by atoms with Crippen LogP contribution in [0.1, 0.15) is 6.23 Å². The van der Waals surface area contributed by atoms with Crippen LogP contribution in [0.3, 0.4) is 0 Å². The molecule has 1 saturated heterocycles. The summed E-state index contributed by atoms with van der Waals surface area (Å²) >= 11 is 0. The third-order valence-electron chi connectivity index (χ3n) is 5.95. The van der Waals surface area contributed by atoms with E-state index in [2.05, 4.69) is 19.5 Å². The largest absolute Gasteiger partial charge is 1.00 e. The zero-order valence-electron chi connectivity index (χ0n) is 24.7. The number of imidazole rings is 1. The average molecular weight is 664 g/mol. The van der Waals surface area contributed by atoms with E-state index in [1.807, 2.05) is 0 Å². The molecule has 5 N–H and O–H groups in total. The van der Waals surface area contributed by atoms with E-state index in [1.54, 1.807) is 0 Å². The van der Waals surface area contributed by atoms with Crippen molar-refractivity contribution in [1.82, 2.24) is 19.5 Å². The fourth-order valence-electron chi connectivity index (χ4n) is 4.10. The predicted molar refractivity (Wildman–Crippen MR) is 144 cm³/mol. The van der Waals surface area contributed by atoms with Gasteiger partial charge in [0, 0.05) is 7.11 Å². The Labute approximate surface area is 275 Å². The van der Waals surface area contributed by atoms with Crippen LogP contribution in [0.2, 0.25) is 0 Å². The zero-order chi connectivity index (χ0) is 31.1. The van der Waals surface area contributed by atoms with Crippen LogP contribution >= 0.6 is 7.82 Å². The molecule has 1 aliphatic rings. The number of aliphatic hydroxyl groups excluding tert-OH is 1. The van der Waals surface area contributed by atoms with Crippen molar-refractivity contribution in [3.05, 3.63) is 16.7 Å². The minimum Gasteiger partial charge on any atom is -0.756 e. The topological polar surface area (TPSA) is 253 Å². The van der Waals surface area contributed by atoms with Gasteiger partial charge < -0.3 is 63.0 Å². The molecule has 0 amide bonds. The first-order valence-corrected chi connectivity index (χ1v) is 14.9. The van der Waals surface area contributed by atoms with Crippen LogP contribution in [0.15, 0.2) is 11.1 Å². The molecule has 0 spiro atoms. The molecular formula is C23H39N5NaO14P. The first-order valence-electron chi connectivity index (χ1n) is 13.4. The number of phosphoric ester groups is 1. The van der Waals surface area contributed by atoms with E-state index in [-0.39, 0.29) is 79.7 Å². The van der Waals surface area contributed by atoms with Crippen molar-refractivity contribution >= 4 is 24.9 Å². The maximum Gasteiger partial charge on any atom is 1.00 e. The number of aromatic amines is 1. The van der Waals surface area contributed by atoms with Gasteiger partial charge in [0.2, 0.25) is 5.95 Å². The van der Waals surface area contributed by atoms with Gasteiger partial charge in [-0.1, -0.05) is 0 Å². The fourth-order valence-corrected chi connectivity index (χ4v) is 4.44. The van der Waals surface area contributed by atoms with Gasteiger partial charge in [-0.05, 0) is 0 Å². The standard InChI is InChI=1S/C23H40N5O14P.Na/c1-34-19-18(40-13-12-39-11-10-38-9-8-37-7-6-36-5-4-35-3-2-29)16(14-41-43(31,32)33)42-22(19)28-15-25-17-20(28)26-23(24)27-21(17)30;/h15-16,18-19,22,29H,2-14H2,1H3,(H2,31,32,33)(H3,24,26,27,30);/q;+1/p-1/t16-,18-,19-,22-;/m1./s1. The van der Waals surface area contributed by atoms with E-state index < -0.39 is 44.5 Å². The number of aromatic nitrogens is 4. The summed E-state index contributed by atoms with van der Waals surface area (Å²) in [5.74, 6) is -0.136. The van der Waals surface area contributed by atoms with Crippen LogP contribution in [-0.2, 0) is 47.0 Å². The van der Waals surface area contributed by atoms with Crippen LogP contribution in [-0.4, -0.2) is 141 Å². The number of H-pyrrole nitrogens is 1. The molecule has 3 rings (SSSR count). The van der Waals surface area contributed by atoms with Crippen molar-refractivity contribution in [2.45, 2.75) is 24.5 Å². The van der Waals surface area contributed by atoms with Gasteiger partial charge >= 0.3 is 29.6 Å². The van der Waals surface area contributed by atoms with Crippen molar-refractivity contribution in [3.8, 4) is 0 Å². The van der Waals surface area contributed by atoms with Crippen LogP contribution in [0.25, 0.3) is 11.2 Å². The summed E-state index contributed by atoms with van der Waals surface area (Å²) in [4.78, 5) is 43.1. The Morgan fingerprint density at radius 2 is 1.55 bits per heavy atom. The summed E-state index contributed by atoms with van der Waals surface area (Å²) in [7, 11) is -3.65. The molecule has 19 nitrogen and oxygen atoms in total. The maximum absolute atomic E-state index is 12.2. The number of ether oxygens (including phenoxy) is 8. The molecule has 0 bridgehead atoms. The number of nitrogens with one attached hydrogen (secondary N) is 1. The number of nitrogens with zero attached hydrogens (tertiary/aromatic N) is 3. The van der Waals surface area contributed by atoms with Crippen molar-refractivity contribution < 1.29 is 91.4 Å². The Hall–Kier alpha value is -1.10. The van der Waals surface area contributed by atoms with E-state index in [0.717, 1.165) is 0 Å². The van der Waals surface area contributed by atoms with Crippen molar-refractivity contribution in [3.63, 3.8) is 0 Å². The molecule has 21 heteroatoms. The number of anilines is 1. The number of hydrogen-bond donors (Lipinski definition) is 4. The summed E-state index contributed by atoms with van der Waals surface area (Å²) in [5.41, 5.74) is 5.26. The van der Waals surface area contributed by atoms with Crippen LogP contribution in [0.4, 0.5) is 5.95 Å². The van der Waals surface area contributed by atoms with Gasteiger partial charge in [0.25, 0.3) is 13.4 Å². The molecule has 0 saturated carbocycles. The second kappa shape index (κ2) is 20.9. The first kappa shape index (κ1) is 39.1. The Morgan fingerprint density at radius 1 is 1.00 bits per heavy atom. The number of methoxy groups -OCH3 is 1. The van der Waals surface area contributed by atoms with E-state index in [0.29, 0.717) is 46.2 Å². The number of hydrogen-bond acceptors (Lipinski definition) is 16. The van der Waals surface area contributed by atoms with Crippen LogP contribution < -0.4 is 45.7 Å². The third-order valence-corrected chi connectivity index (χ3v) is 6.42. The minimum absolute atomic E-state index is 0. The Bertz CT molecular complexity index is 1190. The predicted octanol–water partition coefficient (Wildman–Crippen LogP) is -5.44. The van der Waals surface area contributed by atoms with E-state index in [1.165, 1.54) is 18.0 Å². The van der Waals surface area contributed by atoms with E-state index in [9.17, 15) is 14.3 Å². The van der Waals surface area contributed by atoms with E-state index >= 15 is 0 Å². The van der Waals surface area contributed by atoms with Gasteiger partial charge in [-0.2, -0.15) is 4.98 Å². The third kappa shape index (κ3) is 13.0. The monoisotopic (exact) mass is 663 g/mol. The number of nitrogen functional groups attached to an aromatic ring is 1. The van der Waals surface area contributed by atoms with Gasteiger partial charge in [0.05, 0.1) is 92.2 Å². The second-order valence-electron chi connectivity index (χ2n) is 8.93. The summed E-state index contributed by atoms with van der Waals surface area (Å²) in [5, 5.41) is 8.60. The summed E-state index contributed by atoms with van der Waals surface area (Å²) < 4.78 is 61.5. The van der Waals surface area contributed by atoms with Gasteiger partial charge in [-0.15, -0.1) is 0 Å². The number of aliphatic hydroxyl groups is 1. The molecule has 1 unspecified atom stereocenters. The second-order valence-corrected chi connectivity index (χ2v) is 10.1. The first-order chi connectivity index (χ1) is 20.7. The van der Waals surface area contributed by atoms with E-state index in [4.69, 9.17) is 53.6 Å². The van der Waals surface area contributed by atoms with Crippen LogP contribution in [0, 0.1) is 0 Å². The number of phosphoric acid groups is 1. The zero-order valence-corrected chi connectivity index (χ0v) is 27.6. The molecular weight excluding hydrogens is 624 g/mol. The van der Waals surface area contributed by atoms with Crippen molar-refractivity contribution in [1.29, 1.82) is 0 Å². The minimum atomic E-state index is -5.06. The molecule has 0 aliphatic carbocycles. The normalized spacial score (nSPS) is 21.5. The molecule has 3 heterocycles. The quantitative estimate of drug-likeness (QED) is 0.0491. The number of fused-ring (bicyclic) bond motifs is 1. The molecule has 0 aromatic carbocycles. The van der Waals surface area contributed by atoms with Gasteiger partial charge in [0.1, 0.15) is 18.3 Å². The number of rotatable bonds is 23. The summed E-state index contributed by atoms with van der Waals surface area (Å²) in [6.45, 7) is 3.03. The SMILES string of the molecule is CO[C@@H]1[C@H](OCCOCCOCCOCCOCCOCCO)[C@@H](COP(=O)([O-])O)O[C@H]1n1cnc2c(=O)[nH]c(N)nc21.[Na+]. The average Bonchev–Trinajstić information content (AvgIpc) is 3.54. The molecule has 2 aromatic rings. The smallest absolute Gasteiger partial charge is 0.756 e. The molecule has 1 aliphatic heterocycles. The molecule has 1 fully saturated rings. The maximum atomic E-state index is 12.2. The Morgan fingerprint density at radius 3 is 2.07 bits per heavy atom. The van der Waals surface area contributed by atoms with Gasteiger partial charge in [-0.25, -0.2) is 4.98 Å². The van der Waals surface area contributed by atoms with Gasteiger partial charge in [0.15, 0.2) is 17.4 Å². The molecule has 2 aromatic heterocycles. The summed E-state index contributed by atoms with van der Waals surface area (Å²) in [6.07, 6.45) is -2.34. The molecule has 5 atom stereocenters. The Kier molecular flexibility index (Phi) is 18.6. The molecule has 44 heavy (non-hydrogen) atoms. The fraction of sp³-hybridized carbons (Fsp3) is 0.783. The molecule has 246 valence electrons. The Balaban J connectivity index is 0.00000675.